The highest BCUT2D eigenvalue weighted by atomic mass is 32.2. The number of hydrogen-bond acceptors (Lipinski definition) is 4. The van der Waals surface area contributed by atoms with Gasteiger partial charge in [-0.25, -0.2) is 4.79 Å². The highest BCUT2D eigenvalue weighted by Crippen LogP contribution is 2.14. The van der Waals surface area contributed by atoms with E-state index >= 15 is 0 Å². The molecule has 0 N–H and O–H groups in total. The van der Waals surface area contributed by atoms with Gasteiger partial charge in [0.15, 0.2) is 0 Å². The van der Waals surface area contributed by atoms with Crippen molar-refractivity contribution in [3.63, 3.8) is 0 Å². The van der Waals surface area contributed by atoms with Gasteiger partial charge in [0.25, 0.3) is 0 Å². The van der Waals surface area contributed by atoms with E-state index < -0.39 is 22.4 Å². The Morgan fingerprint density at radius 1 is 1.41 bits per heavy atom. The van der Waals surface area contributed by atoms with Gasteiger partial charge in [0.05, 0.1) is 5.25 Å². The van der Waals surface area contributed by atoms with Crippen molar-refractivity contribution in [3.05, 3.63) is 35.9 Å². The molecule has 0 radical (unpaired) electrons. The van der Waals surface area contributed by atoms with Crippen molar-refractivity contribution in [2.24, 2.45) is 0 Å². The maximum Gasteiger partial charge on any atom is 0.410 e. The normalized spacial score (nSPS) is 17.4. The average molecular weight is 254 g/mol. The van der Waals surface area contributed by atoms with E-state index in [2.05, 4.69) is 0 Å². The molecule has 2 rings (SSSR count). The number of hydrogen-bond donors (Lipinski definition) is 0. The molecule has 1 aromatic rings. The summed E-state index contributed by atoms with van der Waals surface area (Å²) in [5.41, 5.74) is 0.908. The van der Waals surface area contributed by atoms with Crippen LogP contribution >= 0.6 is 0 Å². The second kappa shape index (κ2) is 5.29. The molecule has 0 aromatic heterocycles. The number of nitrogens with zero attached hydrogens (tertiary/aromatic N) is 1. The van der Waals surface area contributed by atoms with Crippen molar-refractivity contribution in [2.45, 2.75) is 11.9 Å². The van der Waals surface area contributed by atoms with E-state index in [9.17, 15) is 13.6 Å². The van der Waals surface area contributed by atoms with Crippen molar-refractivity contribution < 1.29 is 18.3 Å². The summed E-state index contributed by atoms with van der Waals surface area (Å²) in [5, 5.41) is -0.445. The molecule has 0 saturated carbocycles. The molecule has 17 heavy (non-hydrogen) atoms. The van der Waals surface area contributed by atoms with Gasteiger partial charge in [0, 0.05) is 13.1 Å². The minimum Gasteiger partial charge on any atom is -0.772 e. The Kier molecular flexibility index (Phi) is 3.75. The van der Waals surface area contributed by atoms with Crippen molar-refractivity contribution in [2.75, 3.05) is 13.1 Å². The van der Waals surface area contributed by atoms with Crippen LogP contribution in [0.25, 0.3) is 0 Å². The zero-order valence-corrected chi connectivity index (χ0v) is 9.89. The number of carbonyl (C=O) groups excluding carboxylic acids is 1. The molecule has 6 heteroatoms. The number of benzene rings is 1. The quantitative estimate of drug-likeness (QED) is 0.751. The first-order valence-electron chi connectivity index (χ1n) is 5.20. The largest absolute Gasteiger partial charge is 0.772 e. The maximum atomic E-state index is 11.5. The van der Waals surface area contributed by atoms with Crippen LogP contribution in [-0.4, -0.2) is 38.1 Å². The predicted molar refractivity (Wildman–Crippen MR) is 60.9 cm³/mol. The smallest absolute Gasteiger partial charge is 0.410 e. The lowest BCUT2D eigenvalue weighted by atomic mass is 10.2. The second-order valence-electron chi connectivity index (χ2n) is 3.83. The Hall–Kier alpha value is -1.40. The minimum absolute atomic E-state index is 0.210. The maximum absolute atomic E-state index is 11.5. The lowest BCUT2D eigenvalue weighted by Crippen LogP contribution is -2.55. The minimum atomic E-state index is -2.10. The van der Waals surface area contributed by atoms with Crippen LogP contribution in [-0.2, 0) is 22.4 Å². The van der Waals surface area contributed by atoms with E-state index in [1.807, 2.05) is 30.3 Å². The van der Waals surface area contributed by atoms with E-state index in [1.165, 1.54) is 4.90 Å². The van der Waals surface area contributed by atoms with Gasteiger partial charge < -0.3 is 14.2 Å². The highest BCUT2D eigenvalue weighted by molar-refractivity contribution is 7.79. The molecule has 1 amide bonds. The van der Waals surface area contributed by atoms with E-state index in [0.717, 1.165) is 5.56 Å². The summed E-state index contributed by atoms with van der Waals surface area (Å²) in [6.07, 6.45) is -0.462. The number of carbonyl (C=O) groups is 1. The third kappa shape index (κ3) is 3.04. The fourth-order valence-corrected chi connectivity index (χ4v) is 2.12. The van der Waals surface area contributed by atoms with Gasteiger partial charge in [-0.1, -0.05) is 30.3 Å². The van der Waals surface area contributed by atoms with Crippen LogP contribution in [0.2, 0.25) is 0 Å². The van der Waals surface area contributed by atoms with Gasteiger partial charge in [-0.15, -0.1) is 0 Å². The summed E-state index contributed by atoms with van der Waals surface area (Å²) in [7, 11) is 0. The van der Waals surface area contributed by atoms with Gasteiger partial charge in [0.1, 0.15) is 6.61 Å². The summed E-state index contributed by atoms with van der Waals surface area (Å²) in [6, 6.07) is 9.33. The third-order valence-electron chi connectivity index (χ3n) is 2.58. The van der Waals surface area contributed by atoms with Crippen LogP contribution in [0.4, 0.5) is 4.79 Å². The molecule has 1 aliphatic rings. The van der Waals surface area contributed by atoms with Crippen LogP contribution in [0, 0.1) is 0 Å². The van der Waals surface area contributed by atoms with E-state index in [4.69, 9.17) is 4.74 Å². The Balaban J connectivity index is 1.74. The molecule has 5 nitrogen and oxygen atoms in total. The van der Waals surface area contributed by atoms with Gasteiger partial charge >= 0.3 is 6.09 Å². The Morgan fingerprint density at radius 2 is 2.06 bits per heavy atom. The fraction of sp³-hybridized carbons (Fsp3) is 0.364. The summed E-state index contributed by atoms with van der Waals surface area (Å²) in [6.45, 7) is 0.661. The molecule has 0 spiro atoms. The van der Waals surface area contributed by atoms with Crippen LogP contribution in [0.3, 0.4) is 0 Å². The molecule has 1 fully saturated rings. The highest BCUT2D eigenvalue weighted by Gasteiger charge is 2.32. The molecule has 1 heterocycles. The molecule has 1 aliphatic heterocycles. The molecule has 92 valence electrons. The average Bonchev–Trinajstić information content (AvgIpc) is 2.25. The Bertz CT molecular complexity index is 417. The van der Waals surface area contributed by atoms with Crippen molar-refractivity contribution in [1.82, 2.24) is 4.90 Å². The monoisotopic (exact) mass is 254 g/mol. The summed E-state index contributed by atoms with van der Waals surface area (Å²) >= 11 is -2.10. The topological polar surface area (TPSA) is 69.7 Å². The number of rotatable bonds is 3. The first kappa shape index (κ1) is 12.1. The fourth-order valence-electron chi connectivity index (χ4n) is 1.52. The van der Waals surface area contributed by atoms with Crippen LogP contribution in [0.5, 0.6) is 0 Å². The van der Waals surface area contributed by atoms with Gasteiger partial charge in [-0.3, -0.25) is 4.21 Å². The second-order valence-corrected chi connectivity index (χ2v) is 5.02. The van der Waals surface area contributed by atoms with Gasteiger partial charge in [-0.2, -0.15) is 0 Å². The molecular formula is C11H12NO4S-. The molecule has 1 saturated heterocycles. The Morgan fingerprint density at radius 3 is 2.65 bits per heavy atom. The van der Waals surface area contributed by atoms with E-state index in [0.29, 0.717) is 0 Å². The summed E-state index contributed by atoms with van der Waals surface area (Å²) < 4.78 is 26.1. The van der Waals surface area contributed by atoms with Crippen LogP contribution in [0.1, 0.15) is 5.56 Å². The van der Waals surface area contributed by atoms with E-state index in [1.54, 1.807) is 0 Å². The first-order valence-corrected chi connectivity index (χ1v) is 6.34. The van der Waals surface area contributed by atoms with Gasteiger partial charge in [0.2, 0.25) is 0 Å². The number of amides is 1. The predicted octanol–water partition coefficient (Wildman–Crippen LogP) is 0.887. The molecular weight excluding hydrogens is 242 g/mol. The SMILES string of the molecule is O=C(OCc1ccccc1)N1CC(S(=O)[O-])C1. The molecule has 0 bridgehead atoms. The standard InChI is InChI=1S/C11H13NO4S/c13-11(12-6-10(7-12)17(14)15)16-8-9-4-2-1-3-5-9/h1-5,10H,6-8H2,(H,14,15)/p-1. The van der Waals surface area contributed by atoms with Crippen LogP contribution < -0.4 is 0 Å². The summed E-state index contributed by atoms with van der Waals surface area (Å²) in [5.74, 6) is 0. The van der Waals surface area contributed by atoms with Crippen molar-refractivity contribution in [3.8, 4) is 0 Å². The van der Waals surface area contributed by atoms with Crippen molar-refractivity contribution >= 4 is 17.2 Å². The van der Waals surface area contributed by atoms with Crippen LogP contribution in [0.15, 0.2) is 30.3 Å². The zero-order chi connectivity index (χ0) is 12.3. The first-order chi connectivity index (χ1) is 8.16. The Labute approximate surface area is 102 Å². The lowest BCUT2D eigenvalue weighted by Gasteiger charge is -2.39. The third-order valence-corrected chi connectivity index (χ3v) is 3.43. The summed E-state index contributed by atoms with van der Waals surface area (Å²) in [4.78, 5) is 12.8. The number of ether oxygens (including phenoxy) is 1. The molecule has 0 aliphatic carbocycles. The molecule has 1 aromatic carbocycles. The van der Waals surface area contributed by atoms with Crippen molar-refractivity contribution in [1.29, 1.82) is 0 Å². The lowest BCUT2D eigenvalue weighted by molar-refractivity contribution is 0.0765. The van der Waals surface area contributed by atoms with Gasteiger partial charge in [-0.05, 0) is 16.6 Å². The molecule has 1 unspecified atom stereocenters. The zero-order valence-electron chi connectivity index (χ0n) is 9.07. The number of likely N-dealkylation sites (tertiary alicyclic amines) is 1. The van der Waals surface area contributed by atoms with E-state index in [-0.39, 0.29) is 19.7 Å². The molecule has 1 atom stereocenters.